The predicted molar refractivity (Wildman–Crippen MR) is 88.6 cm³/mol. The predicted octanol–water partition coefficient (Wildman–Crippen LogP) is 0.972. The van der Waals surface area contributed by atoms with Crippen molar-refractivity contribution in [3.63, 3.8) is 0 Å². The van der Waals surface area contributed by atoms with Crippen LogP contribution in [0.1, 0.15) is 41.9 Å². The second kappa shape index (κ2) is 6.55. The molecule has 132 valence electrons. The third-order valence-electron chi connectivity index (χ3n) is 5.22. The molecule has 2 saturated heterocycles. The molecule has 0 saturated carbocycles. The Morgan fingerprint density at radius 3 is 2.67 bits per heavy atom. The van der Waals surface area contributed by atoms with Gasteiger partial charge in [0.15, 0.2) is 0 Å². The van der Waals surface area contributed by atoms with Crippen molar-refractivity contribution >= 4 is 11.8 Å². The van der Waals surface area contributed by atoms with E-state index in [0.29, 0.717) is 25.4 Å². The molecule has 0 aliphatic carbocycles. The zero-order valence-electron chi connectivity index (χ0n) is 14.7. The number of likely N-dealkylation sites (tertiary alicyclic amines) is 2. The van der Waals surface area contributed by atoms with E-state index >= 15 is 0 Å². The highest BCUT2D eigenvalue weighted by Crippen LogP contribution is 2.39. The van der Waals surface area contributed by atoms with Gasteiger partial charge in [0.2, 0.25) is 5.91 Å². The van der Waals surface area contributed by atoms with Gasteiger partial charge in [0.1, 0.15) is 11.2 Å². The zero-order valence-corrected chi connectivity index (χ0v) is 14.7. The van der Waals surface area contributed by atoms with Gasteiger partial charge in [0.05, 0.1) is 12.3 Å². The topological polar surface area (TPSA) is 67.7 Å². The quantitative estimate of drug-likeness (QED) is 0.823. The molecule has 0 radical (unpaired) electrons. The van der Waals surface area contributed by atoms with E-state index in [-0.39, 0.29) is 11.8 Å². The molecule has 1 atom stereocenters. The van der Waals surface area contributed by atoms with E-state index < -0.39 is 5.54 Å². The summed E-state index contributed by atoms with van der Waals surface area (Å²) >= 11 is 0. The number of nitrogens with zero attached hydrogens (tertiary/aromatic N) is 4. The van der Waals surface area contributed by atoms with E-state index in [1.54, 1.807) is 29.8 Å². The molecule has 3 heterocycles. The summed E-state index contributed by atoms with van der Waals surface area (Å²) in [6.07, 6.45) is 3.28. The highest BCUT2D eigenvalue weighted by molar-refractivity contribution is 5.99. The Labute approximate surface area is 142 Å². The molecule has 0 bridgehead atoms. The van der Waals surface area contributed by atoms with Crippen molar-refractivity contribution in [3.05, 3.63) is 17.5 Å². The van der Waals surface area contributed by atoms with Gasteiger partial charge in [-0.1, -0.05) is 0 Å². The Morgan fingerprint density at radius 2 is 2.04 bits per heavy atom. The molecule has 24 heavy (non-hydrogen) atoms. The van der Waals surface area contributed by atoms with Crippen molar-refractivity contribution in [2.45, 2.75) is 38.1 Å². The summed E-state index contributed by atoms with van der Waals surface area (Å²) in [7, 11) is 3.41. The molecule has 7 heteroatoms. The molecule has 2 amide bonds. The Hall–Kier alpha value is -1.89. The summed E-state index contributed by atoms with van der Waals surface area (Å²) in [5.41, 5.74) is 0.683. The lowest BCUT2D eigenvalue weighted by Crippen LogP contribution is -2.61. The first kappa shape index (κ1) is 17.0. The summed E-state index contributed by atoms with van der Waals surface area (Å²) in [4.78, 5) is 29.9. The molecule has 2 aliphatic rings. The van der Waals surface area contributed by atoms with Crippen molar-refractivity contribution in [3.8, 4) is 0 Å². The monoisotopic (exact) mass is 334 g/mol. The minimum Gasteiger partial charge on any atom is -0.383 e. The number of aromatic nitrogens is 2. The fraction of sp³-hybridized carbons (Fsp3) is 0.706. The van der Waals surface area contributed by atoms with Crippen molar-refractivity contribution in [2.24, 2.45) is 7.05 Å². The van der Waals surface area contributed by atoms with Crippen molar-refractivity contribution in [1.82, 2.24) is 19.6 Å². The summed E-state index contributed by atoms with van der Waals surface area (Å²) < 4.78 is 6.73. The van der Waals surface area contributed by atoms with Crippen LogP contribution in [0, 0.1) is 6.92 Å². The number of carbonyl (C=O) groups is 2. The maximum absolute atomic E-state index is 13.1. The van der Waals surface area contributed by atoms with Crippen molar-refractivity contribution in [2.75, 3.05) is 33.4 Å². The summed E-state index contributed by atoms with van der Waals surface area (Å²) in [5, 5.41) is 4.27. The van der Waals surface area contributed by atoms with Gasteiger partial charge in [0, 0.05) is 33.8 Å². The molecule has 1 spiro atoms. The van der Waals surface area contributed by atoms with Crippen LogP contribution in [0.3, 0.4) is 0 Å². The largest absolute Gasteiger partial charge is 0.383 e. The molecule has 7 nitrogen and oxygen atoms in total. The average molecular weight is 334 g/mol. The maximum Gasteiger partial charge on any atom is 0.273 e. The van der Waals surface area contributed by atoms with Gasteiger partial charge >= 0.3 is 0 Å². The third-order valence-corrected chi connectivity index (χ3v) is 5.22. The maximum atomic E-state index is 13.1. The van der Waals surface area contributed by atoms with Gasteiger partial charge in [-0.2, -0.15) is 5.10 Å². The third kappa shape index (κ3) is 2.70. The molecule has 2 aliphatic heterocycles. The zero-order chi connectivity index (χ0) is 17.3. The second-order valence-electron chi connectivity index (χ2n) is 6.78. The number of aryl methyl sites for hydroxylation is 2. The Bertz CT molecular complexity index is 642. The molecule has 2 fully saturated rings. The number of rotatable bonds is 4. The summed E-state index contributed by atoms with van der Waals surface area (Å²) in [6, 6.07) is 1.80. The summed E-state index contributed by atoms with van der Waals surface area (Å²) in [6.45, 7) is 4.36. The minimum absolute atomic E-state index is 0.0792. The number of ether oxygens (including phenoxy) is 1. The summed E-state index contributed by atoms with van der Waals surface area (Å²) in [5.74, 6) is -0.00641. The number of piperidine rings is 1. The van der Waals surface area contributed by atoms with Gasteiger partial charge in [-0.25, -0.2) is 0 Å². The highest BCUT2D eigenvalue weighted by Gasteiger charge is 2.53. The lowest BCUT2D eigenvalue weighted by molar-refractivity contribution is -0.146. The molecular formula is C17H26N4O3. The lowest BCUT2D eigenvalue weighted by Gasteiger charge is -2.44. The van der Waals surface area contributed by atoms with E-state index in [1.165, 1.54) is 0 Å². The highest BCUT2D eigenvalue weighted by atomic mass is 16.5. The van der Waals surface area contributed by atoms with Crippen LogP contribution in [0.5, 0.6) is 0 Å². The van der Waals surface area contributed by atoms with Crippen molar-refractivity contribution < 1.29 is 14.3 Å². The number of carbonyl (C=O) groups excluding carboxylic acids is 2. The molecule has 1 unspecified atom stereocenters. The first-order valence-electron chi connectivity index (χ1n) is 8.60. The van der Waals surface area contributed by atoms with Crippen LogP contribution in [-0.2, 0) is 16.6 Å². The fourth-order valence-electron chi connectivity index (χ4n) is 4.09. The van der Waals surface area contributed by atoms with E-state index in [9.17, 15) is 9.59 Å². The Kier molecular flexibility index (Phi) is 4.62. The van der Waals surface area contributed by atoms with E-state index in [2.05, 4.69) is 5.10 Å². The molecule has 3 rings (SSSR count). The molecule has 0 aromatic carbocycles. The fourth-order valence-corrected chi connectivity index (χ4v) is 4.09. The molecule has 1 aromatic heterocycles. The van der Waals surface area contributed by atoms with Crippen LogP contribution < -0.4 is 0 Å². The Balaban J connectivity index is 1.87. The Morgan fingerprint density at radius 1 is 1.33 bits per heavy atom. The van der Waals surface area contributed by atoms with Crippen LogP contribution in [0.25, 0.3) is 0 Å². The first-order chi connectivity index (χ1) is 11.5. The first-order valence-corrected chi connectivity index (χ1v) is 8.60. The van der Waals surface area contributed by atoms with Crippen LogP contribution in [-0.4, -0.2) is 70.3 Å². The molecular weight excluding hydrogens is 308 g/mol. The van der Waals surface area contributed by atoms with E-state index in [1.807, 2.05) is 11.8 Å². The lowest BCUT2D eigenvalue weighted by atomic mass is 9.85. The van der Waals surface area contributed by atoms with Gasteiger partial charge in [-0.05, 0) is 38.7 Å². The van der Waals surface area contributed by atoms with Gasteiger partial charge in [-0.3, -0.25) is 14.3 Å². The molecule has 0 N–H and O–H groups in total. The van der Waals surface area contributed by atoms with Crippen LogP contribution in [0.2, 0.25) is 0 Å². The minimum atomic E-state index is -0.679. The van der Waals surface area contributed by atoms with Gasteiger partial charge in [-0.15, -0.1) is 0 Å². The van der Waals surface area contributed by atoms with Gasteiger partial charge < -0.3 is 14.5 Å². The number of methoxy groups -OCH3 is 1. The standard InChI is InChI=1S/C17H26N4O3/c1-13-12-14(19(2)18-13)15(22)21-9-5-7-17(21)6-4-8-20(16(17)23)10-11-24-3/h12H,4-11H2,1-3H3. The van der Waals surface area contributed by atoms with Gasteiger partial charge in [0.25, 0.3) is 5.91 Å². The van der Waals surface area contributed by atoms with Crippen LogP contribution >= 0.6 is 0 Å². The van der Waals surface area contributed by atoms with E-state index in [0.717, 1.165) is 37.9 Å². The van der Waals surface area contributed by atoms with E-state index in [4.69, 9.17) is 4.74 Å². The smallest absolute Gasteiger partial charge is 0.273 e. The van der Waals surface area contributed by atoms with Crippen molar-refractivity contribution in [1.29, 1.82) is 0 Å². The number of hydrogen-bond acceptors (Lipinski definition) is 4. The number of amides is 2. The second-order valence-corrected chi connectivity index (χ2v) is 6.78. The molecule has 1 aromatic rings. The number of hydrogen-bond donors (Lipinski definition) is 0. The van der Waals surface area contributed by atoms with Crippen LogP contribution in [0.15, 0.2) is 6.07 Å². The van der Waals surface area contributed by atoms with Crippen LogP contribution in [0.4, 0.5) is 0 Å². The normalized spacial score (nSPS) is 24.2. The SMILES string of the molecule is COCCN1CCCC2(CCCN2C(=O)c2cc(C)nn2C)C1=O. The average Bonchev–Trinajstić information content (AvgIpc) is 3.12.